The van der Waals surface area contributed by atoms with Crippen molar-refractivity contribution in [3.05, 3.63) is 16.6 Å². The Kier molecular flexibility index (Phi) is 3.56. The molecular formula is C11H17N3OS. The van der Waals surface area contributed by atoms with Gasteiger partial charge in [0, 0.05) is 24.5 Å². The zero-order chi connectivity index (χ0) is 11.5. The van der Waals surface area contributed by atoms with Gasteiger partial charge in [-0.2, -0.15) is 0 Å². The minimum absolute atomic E-state index is 0.143. The highest BCUT2D eigenvalue weighted by atomic mass is 32.1. The molecule has 4 nitrogen and oxygen atoms in total. The van der Waals surface area contributed by atoms with Gasteiger partial charge in [0.25, 0.3) is 0 Å². The van der Waals surface area contributed by atoms with E-state index in [1.54, 1.807) is 17.5 Å². The average molecular weight is 239 g/mol. The average Bonchev–Trinajstić information content (AvgIpc) is 2.91. The number of carbonyl (C=O) groups is 1. The summed E-state index contributed by atoms with van der Waals surface area (Å²) >= 11 is 1.62. The smallest absolute Gasteiger partial charge is 0.223 e. The number of carbonyl (C=O) groups excluding carboxylic acids is 1. The lowest BCUT2D eigenvalue weighted by molar-refractivity contribution is -0.129. The molecule has 1 fully saturated rings. The van der Waals surface area contributed by atoms with Crippen LogP contribution in [-0.2, 0) is 4.79 Å². The number of hydrogen-bond acceptors (Lipinski definition) is 4. The van der Waals surface area contributed by atoms with E-state index in [4.69, 9.17) is 5.73 Å². The van der Waals surface area contributed by atoms with Gasteiger partial charge in [0.15, 0.2) is 0 Å². The second-order valence-electron chi connectivity index (χ2n) is 4.15. The molecule has 1 aromatic rings. The summed E-state index contributed by atoms with van der Waals surface area (Å²) in [6, 6.07) is 0.143. The summed E-state index contributed by atoms with van der Waals surface area (Å²) in [6.07, 6.45) is 3.30. The number of rotatable bonds is 4. The normalized spacial score (nSPS) is 22.8. The maximum atomic E-state index is 11.9. The minimum Gasteiger partial charge on any atom is -0.333 e. The predicted octanol–water partition coefficient (Wildman–Crippen LogP) is 1.40. The van der Waals surface area contributed by atoms with Crippen molar-refractivity contribution >= 4 is 17.2 Å². The van der Waals surface area contributed by atoms with Gasteiger partial charge in [-0.05, 0) is 18.9 Å². The van der Waals surface area contributed by atoms with Gasteiger partial charge in [-0.1, -0.05) is 6.92 Å². The summed E-state index contributed by atoms with van der Waals surface area (Å²) in [7, 11) is 0. The molecule has 1 aliphatic heterocycles. The van der Waals surface area contributed by atoms with Gasteiger partial charge in [-0.3, -0.25) is 4.79 Å². The van der Waals surface area contributed by atoms with Gasteiger partial charge in [-0.25, -0.2) is 4.98 Å². The molecule has 0 aromatic carbocycles. The van der Waals surface area contributed by atoms with Gasteiger partial charge in [0.2, 0.25) is 5.91 Å². The number of thiazole rings is 1. The first-order chi connectivity index (χ1) is 7.76. The maximum absolute atomic E-state index is 11.9. The van der Waals surface area contributed by atoms with Crippen LogP contribution in [0.15, 0.2) is 11.6 Å². The standard InChI is InChI=1S/C11H17N3OS/c1-2-9(11-13-3-4-16-11)14-7-8(6-12)5-10(14)15/h3-4,8-9H,2,5-7,12H2,1H3. The Morgan fingerprint density at radius 3 is 3.06 bits per heavy atom. The summed E-state index contributed by atoms with van der Waals surface area (Å²) in [5.74, 6) is 0.541. The van der Waals surface area contributed by atoms with Crippen molar-refractivity contribution in [1.29, 1.82) is 0 Å². The highest BCUT2D eigenvalue weighted by Crippen LogP contribution is 2.31. The Bertz CT molecular complexity index is 352. The Morgan fingerprint density at radius 1 is 1.75 bits per heavy atom. The van der Waals surface area contributed by atoms with E-state index in [0.29, 0.717) is 18.9 Å². The Labute approximate surface area is 99.5 Å². The third-order valence-corrected chi connectivity index (χ3v) is 3.95. The zero-order valence-electron chi connectivity index (χ0n) is 9.43. The molecule has 0 aliphatic carbocycles. The van der Waals surface area contributed by atoms with Gasteiger partial charge >= 0.3 is 0 Å². The maximum Gasteiger partial charge on any atom is 0.223 e. The van der Waals surface area contributed by atoms with E-state index >= 15 is 0 Å². The lowest BCUT2D eigenvalue weighted by Crippen LogP contribution is -2.30. The van der Waals surface area contributed by atoms with Crippen LogP contribution in [0.25, 0.3) is 0 Å². The predicted molar refractivity (Wildman–Crippen MR) is 64.0 cm³/mol. The molecule has 1 saturated heterocycles. The summed E-state index contributed by atoms with van der Waals surface area (Å²) in [5.41, 5.74) is 5.63. The molecule has 0 saturated carbocycles. The quantitative estimate of drug-likeness (QED) is 0.864. The van der Waals surface area contributed by atoms with Crippen LogP contribution < -0.4 is 5.73 Å². The molecular weight excluding hydrogens is 222 g/mol. The second-order valence-corrected chi connectivity index (χ2v) is 5.07. The number of amides is 1. The van der Waals surface area contributed by atoms with Crippen LogP contribution in [0.3, 0.4) is 0 Å². The van der Waals surface area contributed by atoms with Crippen LogP contribution in [0.4, 0.5) is 0 Å². The van der Waals surface area contributed by atoms with E-state index in [1.807, 2.05) is 10.3 Å². The van der Waals surface area contributed by atoms with Crippen LogP contribution in [0, 0.1) is 5.92 Å². The van der Waals surface area contributed by atoms with E-state index in [2.05, 4.69) is 11.9 Å². The summed E-state index contributed by atoms with van der Waals surface area (Å²) < 4.78 is 0. The summed E-state index contributed by atoms with van der Waals surface area (Å²) in [6.45, 7) is 3.47. The molecule has 2 unspecified atom stereocenters. The fraction of sp³-hybridized carbons (Fsp3) is 0.636. The van der Waals surface area contributed by atoms with Gasteiger partial charge < -0.3 is 10.6 Å². The van der Waals surface area contributed by atoms with Crippen LogP contribution >= 0.6 is 11.3 Å². The monoisotopic (exact) mass is 239 g/mol. The molecule has 0 spiro atoms. The fourth-order valence-corrected chi connectivity index (χ4v) is 3.03. The van der Waals surface area contributed by atoms with E-state index in [1.165, 1.54) is 0 Å². The first-order valence-electron chi connectivity index (χ1n) is 5.65. The highest BCUT2D eigenvalue weighted by molar-refractivity contribution is 7.09. The Balaban J connectivity index is 2.14. The summed E-state index contributed by atoms with van der Waals surface area (Å²) in [5, 5.41) is 2.99. The van der Waals surface area contributed by atoms with Crippen LogP contribution in [0.2, 0.25) is 0 Å². The largest absolute Gasteiger partial charge is 0.333 e. The first-order valence-corrected chi connectivity index (χ1v) is 6.53. The van der Waals surface area contributed by atoms with Gasteiger partial charge in [0.1, 0.15) is 5.01 Å². The molecule has 2 rings (SSSR count). The molecule has 2 heterocycles. The van der Waals surface area contributed by atoms with Crippen molar-refractivity contribution in [3.8, 4) is 0 Å². The lowest BCUT2D eigenvalue weighted by Gasteiger charge is -2.25. The van der Waals surface area contributed by atoms with E-state index in [0.717, 1.165) is 18.0 Å². The lowest BCUT2D eigenvalue weighted by atomic mass is 10.1. The van der Waals surface area contributed by atoms with Crippen molar-refractivity contribution in [2.75, 3.05) is 13.1 Å². The molecule has 1 aliphatic rings. The third kappa shape index (κ3) is 2.10. The van der Waals surface area contributed by atoms with Gasteiger partial charge in [-0.15, -0.1) is 11.3 Å². The third-order valence-electron chi connectivity index (χ3n) is 3.07. The highest BCUT2D eigenvalue weighted by Gasteiger charge is 2.34. The van der Waals surface area contributed by atoms with Crippen LogP contribution in [0.1, 0.15) is 30.8 Å². The molecule has 2 N–H and O–H groups in total. The van der Waals surface area contributed by atoms with Crippen molar-refractivity contribution in [1.82, 2.24) is 9.88 Å². The molecule has 16 heavy (non-hydrogen) atoms. The molecule has 0 bridgehead atoms. The second kappa shape index (κ2) is 4.93. The fourth-order valence-electron chi connectivity index (χ4n) is 2.20. The van der Waals surface area contributed by atoms with Gasteiger partial charge in [0.05, 0.1) is 6.04 Å². The zero-order valence-corrected chi connectivity index (χ0v) is 10.2. The van der Waals surface area contributed by atoms with Crippen molar-refractivity contribution < 1.29 is 4.79 Å². The molecule has 88 valence electrons. The number of aromatic nitrogens is 1. The van der Waals surface area contributed by atoms with Crippen molar-refractivity contribution in [2.24, 2.45) is 11.7 Å². The SMILES string of the molecule is CCC(c1nccs1)N1CC(CN)CC1=O. The number of likely N-dealkylation sites (tertiary alicyclic amines) is 1. The topological polar surface area (TPSA) is 59.2 Å². The number of nitrogens with two attached hydrogens (primary N) is 1. The summed E-state index contributed by atoms with van der Waals surface area (Å²) in [4.78, 5) is 18.1. The van der Waals surface area contributed by atoms with Crippen LogP contribution in [-0.4, -0.2) is 28.9 Å². The van der Waals surface area contributed by atoms with Crippen molar-refractivity contribution in [3.63, 3.8) is 0 Å². The van der Waals surface area contributed by atoms with Crippen LogP contribution in [0.5, 0.6) is 0 Å². The molecule has 1 amide bonds. The minimum atomic E-state index is 0.143. The Hall–Kier alpha value is -0.940. The van der Waals surface area contributed by atoms with E-state index < -0.39 is 0 Å². The Morgan fingerprint density at radius 2 is 2.56 bits per heavy atom. The van der Waals surface area contributed by atoms with E-state index in [9.17, 15) is 4.79 Å². The molecule has 2 atom stereocenters. The first kappa shape index (κ1) is 11.5. The molecule has 0 radical (unpaired) electrons. The van der Waals surface area contributed by atoms with E-state index in [-0.39, 0.29) is 11.9 Å². The number of nitrogens with zero attached hydrogens (tertiary/aromatic N) is 2. The molecule has 1 aromatic heterocycles. The molecule has 5 heteroatoms. The number of hydrogen-bond donors (Lipinski definition) is 1. The van der Waals surface area contributed by atoms with Crippen molar-refractivity contribution in [2.45, 2.75) is 25.8 Å².